The lowest BCUT2D eigenvalue weighted by molar-refractivity contribution is -0.136. The lowest BCUT2D eigenvalue weighted by atomic mass is 10.0. The summed E-state index contributed by atoms with van der Waals surface area (Å²) in [5.74, 6) is -0.471. The van der Waals surface area contributed by atoms with Gasteiger partial charge >= 0.3 is 5.97 Å². The predicted octanol–water partition coefficient (Wildman–Crippen LogP) is 1.92. The molecule has 1 aromatic carbocycles. The molecule has 0 saturated carbocycles. The largest absolute Gasteiger partial charge is 0.494 e. The molecule has 0 aliphatic carbocycles. The number of H-pyrrole nitrogens is 1. The summed E-state index contributed by atoms with van der Waals surface area (Å²) < 4.78 is 6.59. The van der Waals surface area contributed by atoms with Crippen LogP contribution in [0.4, 0.5) is 0 Å². The van der Waals surface area contributed by atoms with E-state index < -0.39 is 5.97 Å². The molecule has 0 bridgehead atoms. The fraction of sp³-hybridized carbons (Fsp3) is 0.333. The third-order valence-corrected chi connectivity index (χ3v) is 3.25. The number of carbonyl (C=O) groups is 1. The van der Waals surface area contributed by atoms with E-state index in [1.54, 1.807) is 24.3 Å². The van der Waals surface area contributed by atoms with Crippen LogP contribution < -0.4 is 10.3 Å². The monoisotopic (exact) mass is 290 g/mol. The molecular weight excluding hydrogens is 272 g/mol. The van der Waals surface area contributed by atoms with Gasteiger partial charge < -0.3 is 9.84 Å². The van der Waals surface area contributed by atoms with Gasteiger partial charge in [-0.05, 0) is 18.1 Å². The van der Waals surface area contributed by atoms with Crippen molar-refractivity contribution in [1.29, 1.82) is 0 Å². The van der Waals surface area contributed by atoms with Gasteiger partial charge in [0.2, 0.25) is 0 Å². The number of hydrogen-bond donors (Lipinski definition) is 2. The molecule has 0 amide bonds. The molecule has 6 nitrogen and oxygen atoms in total. The molecule has 2 N–H and O–H groups in total. The predicted molar refractivity (Wildman–Crippen MR) is 78.4 cm³/mol. The summed E-state index contributed by atoms with van der Waals surface area (Å²) >= 11 is 0. The zero-order chi connectivity index (χ0) is 15.6. The summed E-state index contributed by atoms with van der Waals surface area (Å²) in [6, 6.07) is 7.08. The van der Waals surface area contributed by atoms with Crippen LogP contribution in [0.15, 0.2) is 29.1 Å². The summed E-state index contributed by atoms with van der Waals surface area (Å²) in [5, 5.41) is 12.0. The third kappa shape index (κ3) is 2.84. The van der Waals surface area contributed by atoms with Gasteiger partial charge in [0.1, 0.15) is 11.4 Å². The first-order chi connectivity index (χ1) is 9.95. The highest BCUT2D eigenvalue weighted by molar-refractivity contribution is 5.70. The number of ether oxygens (including phenoxy) is 1. The van der Waals surface area contributed by atoms with Gasteiger partial charge in [-0.1, -0.05) is 26.0 Å². The van der Waals surface area contributed by atoms with Crippen molar-refractivity contribution < 1.29 is 14.6 Å². The first-order valence-electron chi connectivity index (χ1n) is 6.64. The van der Waals surface area contributed by atoms with Crippen LogP contribution in [0.25, 0.3) is 5.69 Å². The number of carboxylic acids is 1. The second-order valence-corrected chi connectivity index (χ2v) is 5.04. The zero-order valence-electron chi connectivity index (χ0n) is 12.2. The summed E-state index contributed by atoms with van der Waals surface area (Å²) in [4.78, 5) is 23.5. The number of nitrogens with one attached hydrogen (secondary N) is 1. The van der Waals surface area contributed by atoms with Gasteiger partial charge in [-0.3, -0.25) is 14.7 Å². The van der Waals surface area contributed by atoms with E-state index in [4.69, 9.17) is 9.84 Å². The van der Waals surface area contributed by atoms with Crippen LogP contribution in [0.1, 0.15) is 31.0 Å². The minimum absolute atomic E-state index is 0.0167. The molecule has 0 atom stereocenters. The second kappa shape index (κ2) is 5.87. The highest BCUT2D eigenvalue weighted by Crippen LogP contribution is 2.22. The summed E-state index contributed by atoms with van der Waals surface area (Å²) in [7, 11) is 1.52. The van der Waals surface area contributed by atoms with Crippen molar-refractivity contribution in [2.75, 3.05) is 7.11 Å². The Balaban J connectivity index is 2.65. The van der Waals surface area contributed by atoms with E-state index in [0.717, 1.165) is 0 Å². The van der Waals surface area contributed by atoms with E-state index in [1.807, 2.05) is 13.8 Å². The molecule has 0 saturated heterocycles. The number of benzene rings is 1. The van der Waals surface area contributed by atoms with Crippen LogP contribution in [0.2, 0.25) is 0 Å². The van der Waals surface area contributed by atoms with Gasteiger partial charge in [0.25, 0.3) is 5.56 Å². The summed E-state index contributed by atoms with van der Waals surface area (Å²) in [6.07, 6.45) is -0.301. The minimum Gasteiger partial charge on any atom is -0.494 e. The van der Waals surface area contributed by atoms with Crippen molar-refractivity contribution >= 4 is 5.97 Å². The minimum atomic E-state index is -1.03. The maximum atomic E-state index is 12.5. The van der Waals surface area contributed by atoms with E-state index in [1.165, 1.54) is 11.8 Å². The molecule has 2 aromatic rings. The Labute approximate surface area is 122 Å². The molecule has 21 heavy (non-hydrogen) atoms. The molecule has 0 aliphatic heterocycles. The van der Waals surface area contributed by atoms with Crippen LogP contribution in [-0.4, -0.2) is 28.0 Å². The molecule has 1 aromatic heterocycles. The molecule has 6 heteroatoms. The lowest BCUT2D eigenvalue weighted by Crippen LogP contribution is -2.19. The van der Waals surface area contributed by atoms with Crippen molar-refractivity contribution in [2.24, 2.45) is 0 Å². The number of aromatic amines is 1. The van der Waals surface area contributed by atoms with Crippen molar-refractivity contribution in [3.63, 3.8) is 0 Å². The summed E-state index contributed by atoms with van der Waals surface area (Å²) in [6.45, 7) is 3.81. The van der Waals surface area contributed by atoms with Crippen LogP contribution >= 0.6 is 0 Å². The lowest BCUT2D eigenvalue weighted by Gasteiger charge is -2.08. The zero-order valence-corrected chi connectivity index (χ0v) is 12.2. The SMILES string of the molecule is COc1ccccc1-n1[nH]c(C(C)C)c(CC(=O)O)c1=O. The molecule has 0 aliphatic rings. The smallest absolute Gasteiger partial charge is 0.308 e. The Morgan fingerprint density at radius 2 is 2.05 bits per heavy atom. The highest BCUT2D eigenvalue weighted by atomic mass is 16.5. The van der Waals surface area contributed by atoms with Gasteiger partial charge in [-0.25, -0.2) is 4.68 Å². The van der Waals surface area contributed by atoms with E-state index in [0.29, 0.717) is 17.1 Å². The van der Waals surface area contributed by atoms with Crippen LogP contribution in [0.3, 0.4) is 0 Å². The normalized spacial score (nSPS) is 10.9. The van der Waals surface area contributed by atoms with Gasteiger partial charge in [-0.15, -0.1) is 0 Å². The number of aromatic nitrogens is 2. The average Bonchev–Trinajstić information content (AvgIpc) is 2.76. The molecular formula is C15H18N2O4. The van der Waals surface area contributed by atoms with Crippen molar-refractivity contribution in [1.82, 2.24) is 9.78 Å². The molecule has 2 rings (SSSR count). The van der Waals surface area contributed by atoms with E-state index in [2.05, 4.69) is 5.10 Å². The maximum Gasteiger partial charge on any atom is 0.308 e. The molecule has 0 spiro atoms. The standard InChI is InChI=1S/C15H18N2O4/c1-9(2)14-10(8-13(18)19)15(20)17(16-14)11-6-4-5-7-12(11)21-3/h4-7,9,16H,8H2,1-3H3,(H,18,19). The Kier molecular flexibility index (Phi) is 4.16. The van der Waals surface area contributed by atoms with Crippen molar-refractivity contribution in [2.45, 2.75) is 26.2 Å². The Morgan fingerprint density at radius 1 is 1.38 bits per heavy atom. The van der Waals surface area contributed by atoms with E-state index in [-0.39, 0.29) is 23.5 Å². The van der Waals surface area contributed by atoms with E-state index in [9.17, 15) is 9.59 Å². The topological polar surface area (TPSA) is 84.3 Å². The van der Waals surface area contributed by atoms with Gasteiger partial charge in [0, 0.05) is 5.69 Å². The maximum absolute atomic E-state index is 12.5. The van der Waals surface area contributed by atoms with Crippen molar-refractivity contribution in [3.05, 3.63) is 45.9 Å². The quantitative estimate of drug-likeness (QED) is 0.881. The number of carboxylic acid groups (broad SMARTS) is 1. The number of aliphatic carboxylic acids is 1. The molecule has 0 fully saturated rings. The van der Waals surface area contributed by atoms with Gasteiger partial charge in [0.15, 0.2) is 0 Å². The van der Waals surface area contributed by atoms with Crippen molar-refractivity contribution in [3.8, 4) is 11.4 Å². The highest BCUT2D eigenvalue weighted by Gasteiger charge is 2.20. The molecule has 0 radical (unpaired) electrons. The van der Waals surface area contributed by atoms with E-state index >= 15 is 0 Å². The Morgan fingerprint density at radius 3 is 2.62 bits per heavy atom. The number of hydrogen-bond acceptors (Lipinski definition) is 3. The fourth-order valence-corrected chi connectivity index (χ4v) is 2.27. The van der Waals surface area contributed by atoms with Crippen LogP contribution in [0.5, 0.6) is 5.75 Å². The first-order valence-corrected chi connectivity index (χ1v) is 6.64. The number of nitrogens with zero attached hydrogens (tertiary/aromatic N) is 1. The first kappa shape index (κ1) is 14.9. The second-order valence-electron chi connectivity index (χ2n) is 5.04. The molecule has 112 valence electrons. The Bertz CT molecular complexity index is 713. The fourth-order valence-electron chi connectivity index (χ4n) is 2.27. The average molecular weight is 290 g/mol. The third-order valence-electron chi connectivity index (χ3n) is 3.25. The molecule has 0 unspecified atom stereocenters. The van der Waals surface area contributed by atoms with Gasteiger partial charge in [-0.2, -0.15) is 0 Å². The van der Waals surface area contributed by atoms with Crippen LogP contribution in [-0.2, 0) is 11.2 Å². The summed E-state index contributed by atoms with van der Waals surface area (Å²) in [5.41, 5.74) is 1.12. The Hall–Kier alpha value is -2.50. The van der Waals surface area contributed by atoms with Gasteiger partial charge in [0.05, 0.1) is 19.1 Å². The number of methoxy groups -OCH3 is 1. The van der Waals surface area contributed by atoms with Crippen LogP contribution in [0, 0.1) is 0 Å². The molecule has 1 heterocycles. The number of rotatable bonds is 5. The number of para-hydroxylation sites is 2.